The molecule has 0 bridgehead atoms. The number of carboxylic acids is 1. The van der Waals surface area contributed by atoms with E-state index in [2.05, 4.69) is 10.0 Å². The molecule has 92 valence electrons. The number of carboxylic acid groups (broad SMARTS) is 1. The molecule has 6 nitrogen and oxygen atoms in total. The minimum atomic E-state index is -1.02. The Bertz CT molecular complexity index is 410. The van der Waals surface area contributed by atoms with Crippen LogP contribution in [0.5, 0.6) is 0 Å². The fourth-order valence-electron chi connectivity index (χ4n) is 1.24. The molecule has 0 saturated carbocycles. The summed E-state index contributed by atoms with van der Waals surface area (Å²) in [6.45, 7) is 0.293. The van der Waals surface area contributed by atoms with Crippen LogP contribution in [-0.2, 0) is 17.8 Å². The van der Waals surface area contributed by atoms with E-state index in [1.165, 1.54) is 0 Å². The van der Waals surface area contributed by atoms with Gasteiger partial charge in [-0.15, -0.1) is 0 Å². The summed E-state index contributed by atoms with van der Waals surface area (Å²) in [6.07, 6.45) is 0.289. The number of carbonyl (C=O) groups is 1. The Balaban J connectivity index is 0.00000256. The van der Waals surface area contributed by atoms with Crippen LogP contribution in [0.15, 0.2) is 29.4 Å². The van der Waals surface area contributed by atoms with Gasteiger partial charge in [-0.25, -0.2) is 0 Å². The van der Waals surface area contributed by atoms with E-state index in [4.69, 9.17) is 16.4 Å². The van der Waals surface area contributed by atoms with Crippen LogP contribution in [0.3, 0.4) is 0 Å². The molecule has 0 spiro atoms. The van der Waals surface area contributed by atoms with Gasteiger partial charge in [0.25, 0.3) is 0 Å². The highest BCUT2D eigenvalue weighted by Crippen LogP contribution is 2.07. The summed E-state index contributed by atoms with van der Waals surface area (Å²) >= 11 is 0. The lowest BCUT2D eigenvalue weighted by Crippen LogP contribution is -2.32. The molecule has 0 heterocycles. The van der Waals surface area contributed by atoms with Gasteiger partial charge in [0.1, 0.15) is 6.04 Å². The number of azide groups is 1. The van der Waals surface area contributed by atoms with Crippen molar-refractivity contribution < 1.29 is 9.90 Å². The van der Waals surface area contributed by atoms with E-state index in [0.717, 1.165) is 11.1 Å². The fourth-order valence-corrected chi connectivity index (χ4v) is 1.24. The molecule has 1 aromatic carbocycles. The van der Waals surface area contributed by atoms with Crippen LogP contribution in [0.4, 0.5) is 0 Å². The quantitative estimate of drug-likeness (QED) is 0.463. The number of rotatable bonds is 5. The summed E-state index contributed by atoms with van der Waals surface area (Å²) in [4.78, 5) is 13.2. The van der Waals surface area contributed by atoms with Gasteiger partial charge in [-0.2, -0.15) is 0 Å². The third-order valence-electron chi connectivity index (χ3n) is 2.11. The first-order chi connectivity index (χ1) is 7.63. The van der Waals surface area contributed by atoms with Gasteiger partial charge in [0, 0.05) is 4.91 Å². The van der Waals surface area contributed by atoms with Crippen LogP contribution >= 0.6 is 0 Å². The Hall–Kier alpha value is -2.04. The van der Waals surface area contributed by atoms with E-state index >= 15 is 0 Å². The van der Waals surface area contributed by atoms with Gasteiger partial charge in [-0.1, -0.05) is 36.8 Å². The molecule has 0 aromatic heterocycles. The number of benzene rings is 1. The Morgan fingerprint density at radius 2 is 1.94 bits per heavy atom. The average Bonchev–Trinajstić information content (AvgIpc) is 2.28. The van der Waals surface area contributed by atoms with E-state index in [1.807, 2.05) is 0 Å². The molecule has 0 aliphatic rings. The molecule has 0 amide bonds. The zero-order chi connectivity index (χ0) is 12.0. The highest BCUT2D eigenvalue weighted by molar-refractivity contribution is 5.73. The largest absolute Gasteiger partial charge is 0.480 e. The Morgan fingerprint density at radius 3 is 2.41 bits per heavy atom. The maximum absolute atomic E-state index is 10.5. The zero-order valence-electron chi connectivity index (χ0n) is 8.58. The molecule has 0 aliphatic carbocycles. The SMILES string of the molecule is C.[N-]=[N+]=NCc1ccc(C[C@H](N)C(=O)O)cc1. The molecule has 3 N–H and O–H groups in total. The molecule has 17 heavy (non-hydrogen) atoms. The van der Waals surface area contributed by atoms with Crippen LogP contribution in [0.1, 0.15) is 18.6 Å². The van der Waals surface area contributed by atoms with E-state index in [-0.39, 0.29) is 13.8 Å². The van der Waals surface area contributed by atoms with Gasteiger partial charge in [-0.3, -0.25) is 4.79 Å². The maximum Gasteiger partial charge on any atom is 0.320 e. The smallest absolute Gasteiger partial charge is 0.320 e. The second kappa shape index (κ2) is 7.27. The molecule has 1 aromatic rings. The van der Waals surface area contributed by atoms with Gasteiger partial charge in [0.15, 0.2) is 0 Å². The lowest BCUT2D eigenvalue weighted by Gasteiger charge is -2.06. The molecule has 0 fully saturated rings. The summed E-state index contributed by atoms with van der Waals surface area (Å²) in [5.41, 5.74) is 15.3. The van der Waals surface area contributed by atoms with Crippen LogP contribution in [-0.4, -0.2) is 17.1 Å². The topological polar surface area (TPSA) is 112 Å². The molecular formula is C11H16N4O2. The van der Waals surface area contributed by atoms with Gasteiger partial charge < -0.3 is 10.8 Å². The van der Waals surface area contributed by atoms with Crippen molar-refractivity contribution in [1.82, 2.24) is 0 Å². The highest BCUT2D eigenvalue weighted by Gasteiger charge is 2.11. The first-order valence-electron chi connectivity index (χ1n) is 4.70. The normalized spacial score (nSPS) is 10.9. The fraction of sp³-hybridized carbons (Fsp3) is 0.364. The number of aliphatic carboxylic acids is 1. The van der Waals surface area contributed by atoms with Gasteiger partial charge in [-0.05, 0) is 23.1 Å². The second-order valence-corrected chi connectivity index (χ2v) is 3.35. The molecule has 1 atom stereocenters. The first-order valence-corrected chi connectivity index (χ1v) is 4.70. The molecule has 0 unspecified atom stereocenters. The van der Waals surface area contributed by atoms with E-state index in [9.17, 15) is 4.79 Å². The van der Waals surface area contributed by atoms with E-state index < -0.39 is 12.0 Å². The minimum Gasteiger partial charge on any atom is -0.480 e. The molecule has 1 rings (SSSR count). The predicted octanol–water partition coefficient (Wildman–Crippen LogP) is 2.09. The van der Waals surface area contributed by atoms with Crippen LogP contribution in [0.2, 0.25) is 0 Å². The first kappa shape index (κ1) is 15.0. The molecular weight excluding hydrogens is 220 g/mol. The summed E-state index contributed by atoms with van der Waals surface area (Å²) < 4.78 is 0. The van der Waals surface area contributed by atoms with Crippen molar-refractivity contribution in [2.45, 2.75) is 26.4 Å². The molecule has 0 aliphatic heterocycles. The van der Waals surface area contributed by atoms with Crippen LogP contribution in [0.25, 0.3) is 10.4 Å². The lowest BCUT2D eigenvalue weighted by atomic mass is 10.0. The number of nitrogens with two attached hydrogens (primary N) is 1. The Kier molecular flexibility index (Phi) is 6.40. The number of hydrogen-bond acceptors (Lipinski definition) is 3. The minimum absolute atomic E-state index is 0. The summed E-state index contributed by atoms with van der Waals surface area (Å²) in [6, 6.07) is 6.26. The number of nitrogens with zero attached hydrogens (tertiary/aromatic N) is 3. The number of hydrogen-bond donors (Lipinski definition) is 2. The standard InChI is InChI=1S/C10H12N4O2.CH4/c11-9(10(15)16)5-7-1-3-8(4-2-7)6-13-14-12;/h1-4,9H,5-6,11H2,(H,15,16);1H4/t9-;/m0./s1. The van der Waals surface area contributed by atoms with Crippen LogP contribution in [0, 0.1) is 0 Å². The van der Waals surface area contributed by atoms with Gasteiger partial charge >= 0.3 is 5.97 Å². The van der Waals surface area contributed by atoms with Gasteiger partial charge in [0.05, 0.1) is 6.54 Å². The molecule has 6 heteroatoms. The summed E-state index contributed by atoms with van der Waals surface area (Å²) in [7, 11) is 0. The lowest BCUT2D eigenvalue weighted by molar-refractivity contribution is -0.138. The zero-order valence-corrected chi connectivity index (χ0v) is 8.58. The Morgan fingerprint density at radius 1 is 1.41 bits per heavy atom. The van der Waals surface area contributed by atoms with Crippen molar-refractivity contribution in [1.29, 1.82) is 0 Å². The van der Waals surface area contributed by atoms with Crippen molar-refractivity contribution in [3.8, 4) is 0 Å². The monoisotopic (exact) mass is 236 g/mol. The third kappa shape index (κ3) is 5.01. The summed E-state index contributed by atoms with van der Waals surface area (Å²) in [5, 5.41) is 12.1. The van der Waals surface area contributed by atoms with E-state index in [1.54, 1.807) is 24.3 Å². The average molecular weight is 236 g/mol. The van der Waals surface area contributed by atoms with Crippen molar-refractivity contribution in [2.75, 3.05) is 0 Å². The second-order valence-electron chi connectivity index (χ2n) is 3.35. The van der Waals surface area contributed by atoms with Gasteiger partial charge in [0.2, 0.25) is 0 Å². The van der Waals surface area contributed by atoms with Crippen LogP contribution < -0.4 is 5.73 Å². The van der Waals surface area contributed by atoms with Crippen molar-refractivity contribution in [3.63, 3.8) is 0 Å². The maximum atomic E-state index is 10.5. The predicted molar refractivity (Wildman–Crippen MR) is 65.3 cm³/mol. The summed E-state index contributed by atoms with van der Waals surface area (Å²) in [5.74, 6) is -1.02. The molecule has 0 saturated heterocycles. The Labute approximate surface area is 99.7 Å². The van der Waals surface area contributed by atoms with Crippen molar-refractivity contribution in [2.24, 2.45) is 10.8 Å². The highest BCUT2D eigenvalue weighted by atomic mass is 16.4. The van der Waals surface area contributed by atoms with Crippen molar-refractivity contribution >= 4 is 5.97 Å². The third-order valence-corrected chi connectivity index (χ3v) is 2.11. The van der Waals surface area contributed by atoms with E-state index in [0.29, 0.717) is 6.54 Å². The molecule has 0 radical (unpaired) electrons. The van der Waals surface area contributed by atoms with Crippen molar-refractivity contribution in [3.05, 3.63) is 45.8 Å².